The van der Waals surface area contributed by atoms with Crippen molar-refractivity contribution in [3.63, 3.8) is 0 Å². The van der Waals surface area contributed by atoms with Gasteiger partial charge in [-0.15, -0.1) is 0 Å². The lowest BCUT2D eigenvalue weighted by Crippen LogP contribution is -2.29. The summed E-state index contributed by atoms with van der Waals surface area (Å²) in [5.41, 5.74) is 25.1. The number of benzene rings is 9. The maximum atomic E-state index is 12.8. The molecule has 0 amide bonds. The van der Waals surface area contributed by atoms with Gasteiger partial charge in [0.2, 0.25) is 0 Å². The summed E-state index contributed by atoms with van der Waals surface area (Å²) in [5, 5.41) is 0. The minimum atomic E-state index is -4.27. The van der Waals surface area contributed by atoms with E-state index in [9.17, 15) is 26.3 Å². The van der Waals surface area contributed by atoms with E-state index in [2.05, 4.69) is 366 Å². The molecule has 0 aliphatic carbocycles. The van der Waals surface area contributed by atoms with Gasteiger partial charge in [0.25, 0.3) is 0 Å². The van der Waals surface area contributed by atoms with Crippen molar-refractivity contribution in [1.29, 1.82) is 0 Å². The average Bonchev–Trinajstić information content (AvgIpc) is 0.743. The van der Waals surface area contributed by atoms with Gasteiger partial charge in [0.1, 0.15) is 0 Å². The maximum absolute atomic E-state index is 12.8. The Morgan fingerprint density at radius 1 is 0.189 bits per heavy atom. The maximum Gasteiger partial charge on any atom is 0.416 e. The first-order valence-electron chi connectivity index (χ1n) is 46.2. The molecule has 0 N–H and O–H groups in total. The van der Waals surface area contributed by atoms with Gasteiger partial charge >= 0.3 is 12.4 Å². The molecule has 0 aromatic heterocycles. The fourth-order valence-electron chi connectivity index (χ4n) is 16.2. The van der Waals surface area contributed by atoms with Gasteiger partial charge in [0, 0.05) is 0 Å². The number of halogens is 6. The molecular weight excluding hydrogens is 1510 g/mol. The minimum absolute atomic E-state index is 0.0371. The second-order valence-electron chi connectivity index (χ2n) is 48.3. The number of alkyl halides is 6. The first kappa shape index (κ1) is 102. The summed E-state index contributed by atoms with van der Waals surface area (Å²) >= 11 is 0. The van der Waals surface area contributed by atoms with Crippen LogP contribution in [-0.2, 0) is 88.2 Å². The van der Waals surface area contributed by atoms with E-state index in [4.69, 9.17) is 5.48 Å². The van der Waals surface area contributed by atoms with Crippen LogP contribution < -0.4 is 0 Å². The molecule has 0 bridgehead atoms. The lowest BCUT2D eigenvalue weighted by molar-refractivity contribution is -0.139. The second-order valence-corrected chi connectivity index (χ2v) is 48.3. The SMILES string of the molecule is CC(C)(C)c1cc(C(C)(C)C)c(C(C)(C)C)c(C(C)(C)C)c1.CC(C)(C)c1ccc(C(C)(C)C)c(C(C)(C)C)c1.CC(C)(C)c1cccc(-c2ccccc2)c1C(C)(C)C.CC(C)(C)c1ccccc1C(F)(F)F.Cc1cccc(C(F)(F)F)c1C(C)(C)C.Cc1cccc(C)c1C(C)(C)C.[2H]c1c([2H])c(-c2cccc(C(C)(C)C)c2C(C)(C)C)c([2H])c([2H])c1C. The third-order valence-electron chi connectivity index (χ3n) is 21.8. The van der Waals surface area contributed by atoms with Crippen molar-refractivity contribution in [2.75, 3.05) is 0 Å². The molecule has 0 aliphatic rings. The summed E-state index contributed by atoms with van der Waals surface area (Å²) in [4.78, 5) is 0. The molecule has 0 nitrogen and oxygen atoms in total. The van der Waals surface area contributed by atoms with Gasteiger partial charge in [-0.05, 0) is 232 Å². The predicted molar refractivity (Wildman–Crippen MR) is 527 cm³/mol. The zero-order valence-corrected chi connectivity index (χ0v) is 85.3. The molecular formula is C116H168F6. The lowest BCUT2D eigenvalue weighted by Gasteiger charge is -2.38. The van der Waals surface area contributed by atoms with Gasteiger partial charge in [-0.25, -0.2) is 0 Å². The van der Waals surface area contributed by atoms with Crippen molar-refractivity contribution in [3.8, 4) is 22.3 Å². The molecule has 0 radical (unpaired) electrons. The summed E-state index contributed by atoms with van der Waals surface area (Å²) in [5.74, 6) is 0. The average molecular weight is 1680 g/mol. The van der Waals surface area contributed by atoms with Crippen LogP contribution in [0.15, 0.2) is 182 Å². The van der Waals surface area contributed by atoms with E-state index in [-0.39, 0.29) is 89.1 Å². The summed E-state index contributed by atoms with van der Waals surface area (Å²) in [6, 6.07) is 52.1. The molecule has 0 saturated carbocycles. The predicted octanol–water partition coefficient (Wildman–Crippen LogP) is 36.6. The van der Waals surface area contributed by atoms with Gasteiger partial charge in [0.05, 0.1) is 16.6 Å². The molecule has 0 saturated heterocycles. The molecule has 0 spiro atoms. The minimum Gasteiger partial charge on any atom is -0.166 e. The van der Waals surface area contributed by atoms with Crippen molar-refractivity contribution in [2.45, 2.75) is 407 Å². The van der Waals surface area contributed by atoms with Gasteiger partial charge in [-0.2, -0.15) is 26.3 Å². The van der Waals surface area contributed by atoms with E-state index in [1.54, 1.807) is 73.1 Å². The molecule has 9 aromatic rings. The van der Waals surface area contributed by atoms with E-state index in [1.165, 1.54) is 96.1 Å². The van der Waals surface area contributed by atoms with E-state index < -0.39 is 34.3 Å². The Labute approximate surface area is 749 Å². The van der Waals surface area contributed by atoms with Crippen molar-refractivity contribution in [3.05, 3.63) is 293 Å². The Bertz CT molecular complexity index is 4970. The molecule has 0 heterocycles. The summed E-state index contributed by atoms with van der Waals surface area (Å²) in [7, 11) is 0. The summed E-state index contributed by atoms with van der Waals surface area (Å²) < 4.78 is 109. The third-order valence-corrected chi connectivity index (χ3v) is 21.8. The molecule has 122 heavy (non-hydrogen) atoms. The highest BCUT2D eigenvalue weighted by Crippen LogP contribution is 2.48. The highest BCUT2D eigenvalue weighted by molar-refractivity contribution is 5.72. The number of aryl methyl sites for hydroxylation is 3. The van der Waals surface area contributed by atoms with Crippen molar-refractivity contribution in [2.24, 2.45) is 0 Å². The Kier molecular flexibility index (Phi) is 33.0. The monoisotopic (exact) mass is 1680 g/mol. The van der Waals surface area contributed by atoms with Crippen LogP contribution in [-0.4, -0.2) is 0 Å². The Morgan fingerprint density at radius 2 is 0.459 bits per heavy atom. The highest BCUT2D eigenvalue weighted by Gasteiger charge is 2.40. The molecule has 9 rings (SSSR count). The van der Waals surface area contributed by atoms with Crippen LogP contribution in [0, 0.1) is 27.7 Å². The number of rotatable bonds is 2. The molecule has 0 aliphatic heterocycles. The Morgan fingerprint density at radius 3 is 0.754 bits per heavy atom. The number of hydrogen-bond acceptors (Lipinski definition) is 0. The molecule has 0 atom stereocenters. The highest BCUT2D eigenvalue weighted by atomic mass is 19.4. The zero-order valence-electron chi connectivity index (χ0n) is 89.3. The quantitative estimate of drug-likeness (QED) is 0.151. The van der Waals surface area contributed by atoms with Crippen molar-refractivity contribution >= 4 is 0 Å². The van der Waals surface area contributed by atoms with E-state index >= 15 is 0 Å². The van der Waals surface area contributed by atoms with Crippen LogP contribution in [0.3, 0.4) is 0 Å². The molecule has 0 fully saturated rings. The van der Waals surface area contributed by atoms with Gasteiger partial charge in [-0.1, -0.05) is 466 Å². The van der Waals surface area contributed by atoms with Crippen LogP contribution >= 0.6 is 0 Å². The fourth-order valence-corrected chi connectivity index (χ4v) is 16.2. The Balaban J connectivity index is 0.000000384. The van der Waals surface area contributed by atoms with Crippen molar-refractivity contribution < 1.29 is 31.8 Å². The second kappa shape index (κ2) is 39.6. The molecule has 6 heteroatoms. The fraction of sp³-hybridized carbons (Fsp3) is 0.534. The standard InChI is InChI=1S/C22H38.C21H28.C20H26.C18H30.C12H15F3.C12H18.C11H13F3/c1-19(2,3)15-13-16(20(4,5)6)18(22(10,11)12)17(14-15)21(7,8)9;1-15-11-13-16(14-12-15)17-9-8-10-18(20(2,3)4)19(17)21(5,6)7;1-19(2,3)17-14-10-13-16(18(17)20(4,5)6)15-11-8-7-9-12-15;1-16(2,3)13-10-11-14(17(4,5)6)15(12-13)18(7,8)9;1-8-6-5-7-9(12(13,14)15)10(8)11(2,3)4;1-9-7-6-8-10(2)11(9)12(3,4)5;1-10(2,3)8-6-4-5-7-9(8)11(12,13)14/h13-14H,1-12H3;8-14H,1-7H3;7-14H,1-6H3;10-12H,1-9H3;5-7H,1-4H3;6-8H,1-5H3;4-7H,1-3H3/i;11D,12D,13D,14D;;;;;. The van der Waals surface area contributed by atoms with Crippen LogP contribution in [0.25, 0.3) is 22.3 Å². The van der Waals surface area contributed by atoms with Crippen molar-refractivity contribution in [1.82, 2.24) is 0 Å². The topological polar surface area (TPSA) is 0 Å². The molecule has 0 unspecified atom stereocenters. The van der Waals surface area contributed by atoms with E-state index in [0.29, 0.717) is 27.8 Å². The van der Waals surface area contributed by atoms with Crippen LogP contribution in [0.2, 0.25) is 0 Å². The van der Waals surface area contributed by atoms with Gasteiger partial charge < -0.3 is 0 Å². The van der Waals surface area contributed by atoms with Crippen LogP contribution in [0.5, 0.6) is 0 Å². The first-order chi connectivity index (χ1) is 56.1. The summed E-state index contributed by atoms with van der Waals surface area (Å²) in [6.45, 7) is 101. The molecule has 674 valence electrons. The zero-order chi connectivity index (χ0) is 98.6. The normalized spacial score (nSPS) is 13.5. The smallest absolute Gasteiger partial charge is 0.166 e. The van der Waals surface area contributed by atoms with E-state index in [1.807, 2.05) is 12.1 Å². The van der Waals surface area contributed by atoms with E-state index in [0.717, 1.165) is 23.3 Å². The number of hydrogen-bond donors (Lipinski definition) is 0. The Hall–Kier alpha value is -7.44. The van der Waals surface area contributed by atoms with Gasteiger partial charge in [-0.3, -0.25) is 0 Å². The molecule has 9 aromatic carbocycles. The lowest BCUT2D eigenvalue weighted by atomic mass is 9.66. The summed E-state index contributed by atoms with van der Waals surface area (Å²) in [6.07, 6.45) is -8.53. The van der Waals surface area contributed by atoms with Crippen LogP contribution in [0.4, 0.5) is 26.3 Å². The largest absolute Gasteiger partial charge is 0.416 e. The van der Waals surface area contributed by atoms with Gasteiger partial charge in [0.15, 0.2) is 0 Å². The first-order valence-corrected chi connectivity index (χ1v) is 44.2. The third kappa shape index (κ3) is 31.6. The van der Waals surface area contributed by atoms with Crippen LogP contribution in [0.1, 0.15) is 408 Å².